The molecule has 0 radical (unpaired) electrons. The lowest BCUT2D eigenvalue weighted by molar-refractivity contribution is -0.171. The number of terminal acetylenes is 1. The van der Waals surface area contributed by atoms with Crippen molar-refractivity contribution >= 4 is 5.91 Å². The molecule has 2 aromatic carbocycles. The zero-order valence-electron chi connectivity index (χ0n) is 12.2. The molecule has 2 atom stereocenters. The third-order valence-corrected chi connectivity index (χ3v) is 3.79. The van der Waals surface area contributed by atoms with Crippen LogP contribution in [0.2, 0.25) is 0 Å². The smallest absolute Gasteiger partial charge is 0.256 e. The average Bonchev–Trinajstić information content (AvgIpc) is 2.58. The molecule has 1 fully saturated rings. The predicted molar refractivity (Wildman–Crippen MR) is 84.6 cm³/mol. The van der Waals surface area contributed by atoms with Crippen molar-refractivity contribution in [1.82, 2.24) is 4.90 Å². The summed E-state index contributed by atoms with van der Waals surface area (Å²) in [5.41, 5.74) is 2.10. The van der Waals surface area contributed by atoms with Crippen molar-refractivity contribution in [2.45, 2.75) is 25.3 Å². The third kappa shape index (κ3) is 2.88. The zero-order chi connectivity index (χ0) is 15.4. The number of nitrogens with zero attached hydrogens (tertiary/aromatic N) is 1. The first-order chi connectivity index (χ1) is 10.8. The SMILES string of the molecule is C#C[C@@H]1[C@H](OCc2ccccc2)C(=O)N1Cc1ccccc1. The minimum atomic E-state index is -0.533. The minimum absolute atomic E-state index is 0.0391. The lowest BCUT2D eigenvalue weighted by Gasteiger charge is -2.43. The number of hydrogen-bond acceptors (Lipinski definition) is 2. The van der Waals surface area contributed by atoms with Crippen molar-refractivity contribution < 1.29 is 9.53 Å². The maximum Gasteiger partial charge on any atom is 0.256 e. The highest BCUT2D eigenvalue weighted by molar-refractivity contribution is 5.89. The van der Waals surface area contributed by atoms with Crippen molar-refractivity contribution in [3.8, 4) is 12.3 Å². The Bertz CT molecular complexity index is 676. The van der Waals surface area contributed by atoms with Crippen LogP contribution in [0.3, 0.4) is 0 Å². The molecule has 3 nitrogen and oxygen atoms in total. The molecule has 1 heterocycles. The zero-order valence-corrected chi connectivity index (χ0v) is 12.2. The van der Waals surface area contributed by atoms with Gasteiger partial charge in [-0.3, -0.25) is 4.79 Å². The first kappa shape index (κ1) is 14.4. The van der Waals surface area contributed by atoms with Gasteiger partial charge >= 0.3 is 0 Å². The Morgan fingerprint density at radius 3 is 2.18 bits per heavy atom. The van der Waals surface area contributed by atoms with E-state index in [0.717, 1.165) is 11.1 Å². The van der Waals surface area contributed by atoms with Gasteiger partial charge < -0.3 is 9.64 Å². The Morgan fingerprint density at radius 1 is 1.00 bits per heavy atom. The molecule has 0 unspecified atom stereocenters. The Kier molecular flexibility index (Phi) is 4.22. The number of ether oxygens (including phenoxy) is 1. The lowest BCUT2D eigenvalue weighted by Crippen LogP contribution is -2.64. The van der Waals surface area contributed by atoms with Crippen LogP contribution in [0.15, 0.2) is 60.7 Å². The van der Waals surface area contributed by atoms with E-state index in [1.807, 2.05) is 60.7 Å². The molecule has 1 aliphatic heterocycles. The molecule has 22 heavy (non-hydrogen) atoms. The molecular formula is C19H17NO2. The van der Waals surface area contributed by atoms with Crippen LogP contribution in [0.25, 0.3) is 0 Å². The highest BCUT2D eigenvalue weighted by Gasteiger charge is 2.47. The van der Waals surface area contributed by atoms with E-state index in [9.17, 15) is 4.79 Å². The van der Waals surface area contributed by atoms with Gasteiger partial charge in [0.2, 0.25) is 0 Å². The first-order valence-corrected chi connectivity index (χ1v) is 7.25. The van der Waals surface area contributed by atoms with Gasteiger partial charge in [0.15, 0.2) is 6.10 Å². The molecule has 2 aromatic rings. The molecule has 0 aliphatic carbocycles. The second-order valence-electron chi connectivity index (χ2n) is 5.28. The number of carbonyl (C=O) groups is 1. The first-order valence-electron chi connectivity index (χ1n) is 7.25. The number of carbonyl (C=O) groups excluding carboxylic acids is 1. The van der Waals surface area contributed by atoms with E-state index in [-0.39, 0.29) is 11.9 Å². The molecular weight excluding hydrogens is 274 g/mol. The monoisotopic (exact) mass is 291 g/mol. The Hall–Kier alpha value is -2.57. The number of amides is 1. The Balaban J connectivity index is 1.61. The summed E-state index contributed by atoms with van der Waals surface area (Å²) in [7, 11) is 0. The standard InChI is InChI=1S/C19H17NO2/c1-2-17-18(22-14-16-11-7-4-8-12-16)19(21)20(17)13-15-9-5-3-6-10-15/h1,3-12,17-18H,13-14H2/t17-,18+/m1/s1. The van der Waals surface area contributed by atoms with Crippen LogP contribution in [0.5, 0.6) is 0 Å². The van der Waals surface area contributed by atoms with E-state index in [1.165, 1.54) is 0 Å². The molecule has 1 amide bonds. The van der Waals surface area contributed by atoms with Crippen LogP contribution in [-0.4, -0.2) is 23.0 Å². The van der Waals surface area contributed by atoms with E-state index < -0.39 is 6.10 Å². The summed E-state index contributed by atoms with van der Waals surface area (Å²) < 4.78 is 5.71. The highest BCUT2D eigenvalue weighted by atomic mass is 16.5. The average molecular weight is 291 g/mol. The fourth-order valence-electron chi connectivity index (χ4n) is 2.57. The van der Waals surface area contributed by atoms with Gasteiger partial charge in [0.1, 0.15) is 6.04 Å². The Labute approximate surface area is 130 Å². The van der Waals surface area contributed by atoms with Crippen molar-refractivity contribution in [3.05, 3.63) is 71.8 Å². The van der Waals surface area contributed by atoms with Crippen LogP contribution in [0.1, 0.15) is 11.1 Å². The molecule has 0 saturated carbocycles. The summed E-state index contributed by atoms with van der Waals surface area (Å²) in [4.78, 5) is 13.9. The van der Waals surface area contributed by atoms with E-state index in [4.69, 9.17) is 11.2 Å². The van der Waals surface area contributed by atoms with Crippen molar-refractivity contribution in [1.29, 1.82) is 0 Å². The quantitative estimate of drug-likeness (QED) is 0.626. The summed E-state index contributed by atoms with van der Waals surface area (Å²) in [6.07, 6.45) is 5.04. The molecule has 0 aromatic heterocycles. The molecule has 0 N–H and O–H groups in total. The second kappa shape index (κ2) is 6.46. The van der Waals surface area contributed by atoms with E-state index >= 15 is 0 Å². The summed E-state index contributed by atoms with van der Waals surface area (Å²) in [5, 5.41) is 0. The topological polar surface area (TPSA) is 29.5 Å². The van der Waals surface area contributed by atoms with Gasteiger partial charge in [-0.25, -0.2) is 0 Å². The van der Waals surface area contributed by atoms with Gasteiger partial charge in [-0.05, 0) is 11.1 Å². The van der Waals surface area contributed by atoms with Crippen LogP contribution < -0.4 is 0 Å². The van der Waals surface area contributed by atoms with Gasteiger partial charge in [-0.1, -0.05) is 66.6 Å². The number of rotatable bonds is 5. The number of β-lactam (4-membered cyclic amide) rings is 1. The molecule has 1 saturated heterocycles. The molecule has 0 bridgehead atoms. The van der Waals surface area contributed by atoms with Gasteiger partial charge in [-0.2, -0.15) is 0 Å². The fourth-order valence-corrected chi connectivity index (χ4v) is 2.57. The maximum absolute atomic E-state index is 12.3. The predicted octanol–water partition coefficient (Wildman–Crippen LogP) is 2.62. The van der Waals surface area contributed by atoms with Crippen LogP contribution in [-0.2, 0) is 22.7 Å². The highest BCUT2D eigenvalue weighted by Crippen LogP contribution is 2.26. The molecule has 110 valence electrons. The van der Waals surface area contributed by atoms with Gasteiger partial charge in [-0.15, -0.1) is 6.42 Å². The van der Waals surface area contributed by atoms with Crippen LogP contribution in [0.4, 0.5) is 0 Å². The normalized spacial score (nSPS) is 20.3. The lowest BCUT2D eigenvalue weighted by atomic mass is 9.97. The fraction of sp³-hybridized carbons (Fsp3) is 0.211. The number of benzene rings is 2. The van der Waals surface area contributed by atoms with Gasteiger partial charge in [0.25, 0.3) is 5.91 Å². The maximum atomic E-state index is 12.3. The van der Waals surface area contributed by atoms with Crippen molar-refractivity contribution in [3.63, 3.8) is 0 Å². The van der Waals surface area contributed by atoms with Gasteiger partial charge in [0.05, 0.1) is 6.61 Å². The van der Waals surface area contributed by atoms with Crippen molar-refractivity contribution in [2.24, 2.45) is 0 Å². The van der Waals surface area contributed by atoms with Crippen LogP contribution in [0, 0.1) is 12.3 Å². The molecule has 3 rings (SSSR count). The summed E-state index contributed by atoms with van der Waals surface area (Å²) >= 11 is 0. The third-order valence-electron chi connectivity index (χ3n) is 3.79. The van der Waals surface area contributed by atoms with E-state index in [0.29, 0.717) is 13.2 Å². The molecule has 3 heteroatoms. The second-order valence-corrected chi connectivity index (χ2v) is 5.28. The van der Waals surface area contributed by atoms with E-state index in [2.05, 4.69) is 5.92 Å². The van der Waals surface area contributed by atoms with Gasteiger partial charge in [0, 0.05) is 6.54 Å². The minimum Gasteiger partial charge on any atom is -0.360 e. The summed E-state index contributed by atoms with van der Waals surface area (Å²) in [6, 6.07) is 19.3. The Morgan fingerprint density at radius 2 is 1.59 bits per heavy atom. The number of hydrogen-bond donors (Lipinski definition) is 0. The molecule has 1 aliphatic rings. The summed E-state index contributed by atoms with van der Waals surface area (Å²) in [5.74, 6) is 2.63. The molecule has 0 spiro atoms. The largest absolute Gasteiger partial charge is 0.360 e. The van der Waals surface area contributed by atoms with Crippen molar-refractivity contribution in [2.75, 3.05) is 0 Å². The van der Waals surface area contributed by atoms with E-state index in [1.54, 1.807) is 4.90 Å². The summed E-state index contributed by atoms with van der Waals surface area (Å²) in [6.45, 7) is 0.925. The number of likely N-dealkylation sites (tertiary alicyclic amines) is 1. The van der Waals surface area contributed by atoms with Crippen LogP contribution >= 0.6 is 0 Å².